The molecule has 1 aliphatic heterocycles. The zero-order valence-corrected chi connectivity index (χ0v) is 15.5. The van der Waals surface area contributed by atoms with Crippen molar-refractivity contribution in [2.45, 2.75) is 25.2 Å². The van der Waals surface area contributed by atoms with Crippen LogP contribution in [0.15, 0.2) is 54.6 Å². The van der Waals surface area contributed by atoms with Gasteiger partial charge in [0.25, 0.3) is 11.8 Å². The van der Waals surface area contributed by atoms with Gasteiger partial charge in [0.05, 0.1) is 0 Å². The smallest absolute Gasteiger partial charge is 0.255 e. The van der Waals surface area contributed by atoms with Crippen molar-refractivity contribution in [1.82, 2.24) is 10.9 Å². The van der Waals surface area contributed by atoms with E-state index in [4.69, 9.17) is 11.6 Å². The summed E-state index contributed by atoms with van der Waals surface area (Å²) in [5.41, 5.74) is 5.18. The number of halogens is 1. The van der Waals surface area contributed by atoms with E-state index in [0.29, 0.717) is 5.02 Å². The standard InChI is InChI=1S/C21H19ClN2O3/c1-12-17(25)11-16(13-7-9-15(22)10-8-13)21(19(26)23-24-20(21)27)18(12)14-5-3-2-4-6-14/h2-10,12,16,18H,11H2,1H3,(H,23,26)(H,24,27)/t12-,16+,18-/m0/s1. The van der Waals surface area contributed by atoms with E-state index in [1.165, 1.54) is 0 Å². The van der Waals surface area contributed by atoms with E-state index in [2.05, 4.69) is 10.9 Å². The monoisotopic (exact) mass is 382 g/mol. The molecule has 0 unspecified atom stereocenters. The minimum absolute atomic E-state index is 0.0435. The van der Waals surface area contributed by atoms with Gasteiger partial charge in [-0.05, 0) is 23.3 Å². The second-order valence-corrected chi connectivity index (χ2v) is 7.67. The minimum Gasteiger partial charge on any atom is -0.299 e. The molecule has 2 fully saturated rings. The summed E-state index contributed by atoms with van der Waals surface area (Å²) in [5.74, 6) is -2.30. The Bertz CT molecular complexity index is 895. The molecule has 0 bridgehead atoms. The molecule has 3 atom stereocenters. The lowest BCUT2D eigenvalue weighted by Gasteiger charge is -2.46. The van der Waals surface area contributed by atoms with Crippen molar-refractivity contribution in [3.05, 3.63) is 70.7 Å². The van der Waals surface area contributed by atoms with Crippen molar-refractivity contribution in [2.24, 2.45) is 11.3 Å². The summed E-state index contributed by atoms with van der Waals surface area (Å²) in [5, 5.41) is 0.559. The maximum Gasteiger partial charge on any atom is 0.255 e. The number of rotatable bonds is 2. The quantitative estimate of drug-likeness (QED) is 0.784. The van der Waals surface area contributed by atoms with Gasteiger partial charge in [0.2, 0.25) is 0 Å². The van der Waals surface area contributed by atoms with Crippen LogP contribution in [0.3, 0.4) is 0 Å². The molecule has 1 heterocycles. The molecule has 6 heteroatoms. The van der Waals surface area contributed by atoms with E-state index in [-0.39, 0.29) is 24.0 Å². The van der Waals surface area contributed by atoms with Gasteiger partial charge >= 0.3 is 0 Å². The van der Waals surface area contributed by atoms with Crippen molar-refractivity contribution in [3.63, 3.8) is 0 Å². The normalized spacial score (nSPS) is 26.7. The Labute approximate surface area is 162 Å². The van der Waals surface area contributed by atoms with Crippen LogP contribution >= 0.6 is 11.6 Å². The average molecular weight is 383 g/mol. The van der Waals surface area contributed by atoms with Gasteiger partial charge in [-0.15, -0.1) is 0 Å². The Morgan fingerprint density at radius 1 is 0.889 bits per heavy atom. The van der Waals surface area contributed by atoms with Crippen molar-refractivity contribution in [3.8, 4) is 0 Å². The van der Waals surface area contributed by atoms with Gasteiger partial charge in [-0.2, -0.15) is 0 Å². The topological polar surface area (TPSA) is 75.3 Å². The van der Waals surface area contributed by atoms with Crippen molar-refractivity contribution < 1.29 is 14.4 Å². The van der Waals surface area contributed by atoms with Crippen LogP contribution in [-0.4, -0.2) is 17.6 Å². The maximum absolute atomic E-state index is 13.1. The fourth-order valence-corrected chi connectivity index (χ4v) is 4.78. The maximum atomic E-state index is 13.1. The van der Waals surface area contributed by atoms with Gasteiger partial charge in [-0.25, -0.2) is 0 Å². The number of ketones is 1. The summed E-state index contributed by atoms with van der Waals surface area (Å²) in [7, 11) is 0. The van der Waals surface area contributed by atoms with Gasteiger partial charge in [-0.1, -0.05) is 61.0 Å². The van der Waals surface area contributed by atoms with Gasteiger partial charge in [-0.3, -0.25) is 25.2 Å². The van der Waals surface area contributed by atoms with Gasteiger partial charge in [0.15, 0.2) is 0 Å². The molecular weight excluding hydrogens is 364 g/mol. The zero-order chi connectivity index (χ0) is 19.2. The summed E-state index contributed by atoms with van der Waals surface area (Å²) in [6, 6.07) is 16.4. The van der Waals surface area contributed by atoms with Crippen LogP contribution in [0.25, 0.3) is 0 Å². The van der Waals surface area contributed by atoms with Gasteiger partial charge in [0.1, 0.15) is 11.2 Å². The van der Waals surface area contributed by atoms with E-state index in [1.807, 2.05) is 30.3 Å². The first-order chi connectivity index (χ1) is 13.0. The molecule has 1 saturated carbocycles. The molecule has 0 aromatic heterocycles. The highest BCUT2D eigenvalue weighted by atomic mass is 35.5. The molecule has 2 N–H and O–H groups in total. The average Bonchev–Trinajstić information content (AvgIpc) is 2.96. The van der Waals surface area contributed by atoms with E-state index < -0.39 is 23.2 Å². The molecule has 5 nitrogen and oxygen atoms in total. The molecule has 1 saturated heterocycles. The first-order valence-corrected chi connectivity index (χ1v) is 9.28. The molecule has 2 amide bonds. The molecule has 0 radical (unpaired) electrons. The van der Waals surface area contributed by atoms with Crippen LogP contribution in [0.2, 0.25) is 5.02 Å². The Morgan fingerprint density at radius 3 is 2.07 bits per heavy atom. The van der Waals surface area contributed by atoms with Crippen LogP contribution < -0.4 is 10.9 Å². The molecule has 27 heavy (non-hydrogen) atoms. The highest BCUT2D eigenvalue weighted by molar-refractivity contribution is 6.30. The SMILES string of the molecule is C[C@H]1C(=O)C[C@H](c2ccc(Cl)cc2)C2(C(=O)NNC2=O)[C@@H]1c1ccccc1. The van der Waals surface area contributed by atoms with E-state index in [1.54, 1.807) is 31.2 Å². The molecule has 4 rings (SSSR count). The second kappa shape index (κ2) is 6.50. The highest BCUT2D eigenvalue weighted by Gasteiger charge is 2.65. The van der Waals surface area contributed by atoms with Crippen LogP contribution in [0, 0.1) is 11.3 Å². The predicted molar refractivity (Wildman–Crippen MR) is 101 cm³/mol. The highest BCUT2D eigenvalue weighted by Crippen LogP contribution is 2.57. The minimum atomic E-state index is -1.39. The third-order valence-electron chi connectivity index (χ3n) is 5.93. The molecule has 2 aliphatic rings. The van der Waals surface area contributed by atoms with Crippen molar-refractivity contribution >= 4 is 29.2 Å². The number of benzene rings is 2. The Morgan fingerprint density at radius 2 is 1.48 bits per heavy atom. The zero-order valence-electron chi connectivity index (χ0n) is 14.7. The number of hydrogen-bond donors (Lipinski definition) is 2. The molecule has 2 aromatic carbocycles. The van der Waals surface area contributed by atoms with E-state index in [9.17, 15) is 14.4 Å². The summed E-state index contributed by atoms with van der Waals surface area (Å²) >= 11 is 6.01. The van der Waals surface area contributed by atoms with Crippen LogP contribution in [0.1, 0.15) is 36.3 Å². The largest absolute Gasteiger partial charge is 0.299 e. The van der Waals surface area contributed by atoms with Gasteiger partial charge in [0, 0.05) is 29.2 Å². The number of carbonyl (C=O) groups excluding carboxylic acids is 3. The van der Waals surface area contributed by atoms with E-state index >= 15 is 0 Å². The number of nitrogens with one attached hydrogen (secondary N) is 2. The number of carbonyl (C=O) groups is 3. The fourth-order valence-electron chi connectivity index (χ4n) is 4.66. The number of hydrogen-bond acceptors (Lipinski definition) is 3. The number of Topliss-reactive ketones (excluding diaryl/α,β-unsaturated/α-hetero) is 1. The number of amides is 2. The Hall–Kier alpha value is -2.66. The second-order valence-electron chi connectivity index (χ2n) is 7.23. The lowest BCUT2D eigenvalue weighted by molar-refractivity contribution is -0.146. The molecule has 1 aliphatic carbocycles. The molecule has 138 valence electrons. The van der Waals surface area contributed by atoms with Crippen LogP contribution in [-0.2, 0) is 14.4 Å². The van der Waals surface area contributed by atoms with Crippen LogP contribution in [0.5, 0.6) is 0 Å². The Balaban J connectivity index is 1.96. The third-order valence-corrected chi connectivity index (χ3v) is 6.18. The number of hydrazine groups is 1. The molecule has 1 spiro atoms. The molecular formula is C21H19ClN2O3. The first-order valence-electron chi connectivity index (χ1n) is 8.90. The summed E-state index contributed by atoms with van der Waals surface area (Å²) in [4.78, 5) is 39.1. The summed E-state index contributed by atoms with van der Waals surface area (Å²) in [6.45, 7) is 1.80. The van der Waals surface area contributed by atoms with Crippen molar-refractivity contribution in [1.29, 1.82) is 0 Å². The molecule has 2 aromatic rings. The van der Waals surface area contributed by atoms with Crippen molar-refractivity contribution in [2.75, 3.05) is 0 Å². The lowest BCUT2D eigenvalue weighted by Crippen LogP contribution is -2.53. The predicted octanol–water partition coefficient (Wildman–Crippen LogP) is 2.96. The Kier molecular flexibility index (Phi) is 4.27. The fraction of sp³-hybridized carbons (Fsp3) is 0.286. The third kappa shape index (κ3) is 2.57. The van der Waals surface area contributed by atoms with Crippen LogP contribution in [0.4, 0.5) is 0 Å². The van der Waals surface area contributed by atoms with E-state index in [0.717, 1.165) is 11.1 Å². The van der Waals surface area contributed by atoms with Gasteiger partial charge < -0.3 is 0 Å². The lowest BCUT2D eigenvalue weighted by atomic mass is 9.52. The first kappa shape index (κ1) is 17.7. The summed E-state index contributed by atoms with van der Waals surface area (Å²) < 4.78 is 0. The summed E-state index contributed by atoms with van der Waals surface area (Å²) in [6.07, 6.45) is 0.132.